The predicted molar refractivity (Wildman–Crippen MR) is 33.7 cm³/mol. The van der Waals surface area contributed by atoms with Gasteiger partial charge in [0.25, 0.3) is 0 Å². The molecule has 3 heteroatoms. The lowest BCUT2D eigenvalue weighted by atomic mass is 10.2. The van der Waals surface area contributed by atoms with Crippen molar-refractivity contribution >= 4 is 5.96 Å². The van der Waals surface area contributed by atoms with Crippen LogP contribution in [0.5, 0.6) is 0 Å². The molecular weight excluding hydrogens is 102 g/mol. The number of rotatable bonds is 0. The second kappa shape index (κ2) is 2.03. The number of aliphatic imine (C=N–C) groups is 1. The van der Waals surface area contributed by atoms with Crippen molar-refractivity contribution < 1.29 is 0 Å². The van der Waals surface area contributed by atoms with Crippen LogP contribution < -0.4 is 11.1 Å². The lowest BCUT2D eigenvalue weighted by Crippen LogP contribution is -2.39. The van der Waals surface area contributed by atoms with Gasteiger partial charge in [0, 0.05) is 13.1 Å². The molecule has 0 spiro atoms. The number of hydrogen-bond donors (Lipinski definition) is 2. The van der Waals surface area contributed by atoms with E-state index in [0.717, 1.165) is 13.1 Å². The lowest BCUT2D eigenvalue weighted by Gasteiger charge is -2.15. The van der Waals surface area contributed by atoms with E-state index in [9.17, 15) is 0 Å². The van der Waals surface area contributed by atoms with Crippen molar-refractivity contribution in [2.24, 2.45) is 16.6 Å². The van der Waals surface area contributed by atoms with Gasteiger partial charge in [-0.25, -0.2) is 0 Å². The summed E-state index contributed by atoms with van der Waals surface area (Å²) >= 11 is 0. The van der Waals surface area contributed by atoms with Crippen LogP contribution in [0.4, 0.5) is 0 Å². The van der Waals surface area contributed by atoms with Crippen LogP contribution in [0.1, 0.15) is 6.92 Å². The van der Waals surface area contributed by atoms with Crippen LogP contribution in [0.2, 0.25) is 0 Å². The first kappa shape index (κ1) is 5.41. The summed E-state index contributed by atoms with van der Waals surface area (Å²) in [4.78, 5) is 3.99. The summed E-state index contributed by atoms with van der Waals surface area (Å²) < 4.78 is 0. The van der Waals surface area contributed by atoms with Gasteiger partial charge in [0.05, 0.1) is 0 Å². The van der Waals surface area contributed by atoms with Gasteiger partial charge in [0.15, 0.2) is 5.96 Å². The first-order valence-electron chi connectivity index (χ1n) is 2.83. The smallest absolute Gasteiger partial charge is 0.188 e. The van der Waals surface area contributed by atoms with Gasteiger partial charge in [-0.1, -0.05) is 6.92 Å². The van der Waals surface area contributed by atoms with Crippen molar-refractivity contribution in [3.8, 4) is 0 Å². The molecule has 0 fully saturated rings. The van der Waals surface area contributed by atoms with Crippen LogP contribution in [0, 0.1) is 5.92 Å². The second-order valence-electron chi connectivity index (χ2n) is 2.21. The largest absolute Gasteiger partial charge is 0.370 e. The fourth-order valence-corrected chi connectivity index (χ4v) is 0.653. The highest BCUT2D eigenvalue weighted by Gasteiger charge is 2.05. The molecular formula is C5H11N3. The Bertz CT molecular complexity index is 108. The molecule has 0 radical (unpaired) electrons. The predicted octanol–water partition coefficient (Wildman–Crippen LogP) is -0.460. The van der Waals surface area contributed by atoms with Gasteiger partial charge in [0.1, 0.15) is 0 Å². The molecule has 1 aliphatic rings. The summed E-state index contributed by atoms with van der Waals surface area (Å²) in [6.07, 6.45) is 0. The molecule has 46 valence electrons. The van der Waals surface area contributed by atoms with Crippen molar-refractivity contribution in [1.82, 2.24) is 5.32 Å². The minimum Gasteiger partial charge on any atom is -0.370 e. The van der Waals surface area contributed by atoms with Crippen LogP contribution in [0.15, 0.2) is 4.99 Å². The molecule has 1 aliphatic heterocycles. The zero-order valence-electron chi connectivity index (χ0n) is 5.02. The Morgan fingerprint density at radius 1 is 1.88 bits per heavy atom. The molecule has 3 nitrogen and oxygen atoms in total. The Morgan fingerprint density at radius 2 is 2.62 bits per heavy atom. The zero-order chi connectivity index (χ0) is 5.98. The molecule has 1 rings (SSSR count). The van der Waals surface area contributed by atoms with Crippen molar-refractivity contribution in [3.63, 3.8) is 0 Å². The van der Waals surface area contributed by atoms with Crippen LogP contribution in [0.3, 0.4) is 0 Å². The third-order valence-corrected chi connectivity index (χ3v) is 1.20. The maximum absolute atomic E-state index is 5.34. The van der Waals surface area contributed by atoms with Gasteiger partial charge in [-0.15, -0.1) is 0 Å². The highest BCUT2D eigenvalue weighted by atomic mass is 15.1. The van der Waals surface area contributed by atoms with Gasteiger partial charge in [0.2, 0.25) is 0 Å². The molecule has 0 aromatic carbocycles. The van der Waals surface area contributed by atoms with Crippen LogP contribution >= 0.6 is 0 Å². The van der Waals surface area contributed by atoms with Crippen LogP contribution in [-0.4, -0.2) is 19.0 Å². The third-order valence-electron chi connectivity index (χ3n) is 1.20. The highest BCUT2D eigenvalue weighted by molar-refractivity contribution is 5.78. The summed E-state index contributed by atoms with van der Waals surface area (Å²) in [5.74, 6) is 1.23. The second-order valence-corrected chi connectivity index (χ2v) is 2.21. The van der Waals surface area contributed by atoms with E-state index in [0.29, 0.717) is 11.9 Å². The molecule has 0 bridgehead atoms. The summed E-state index contributed by atoms with van der Waals surface area (Å²) in [5, 5.41) is 2.96. The molecule has 0 aliphatic carbocycles. The average Bonchev–Trinajstić information content (AvgIpc) is 1.77. The normalized spacial score (nSPS) is 28.6. The van der Waals surface area contributed by atoms with E-state index in [2.05, 4.69) is 17.2 Å². The summed E-state index contributed by atoms with van der Waals surface area (Å²) in [6, 6.07) is 0. The summed E-state index contributed by atoms with van der Waals surface area (Å²) in [6.45, 7) is 3.98. The van der Waals surface area contributed by atoms with Crippen molar-refractivity contribution in [3.05, 3.63) is 0 Å². The first-order chi connectivity index (χ1) is 3.79. The first-order valence-corrected chi connectivity index (χ1v) is 2.83. The Morgan fingerprint density at radius 3 is 3.00 bits per heavy atom. The number of nitrogens with two attached hydrogens (primary N) is 1. The van der Waals surface area contributed by atoms with Gasteiger partial charge >= 0.3 is 0 Å². The molecule has 1 atom stereocenters. The molecule has 8 heavy (non-hydrogen) atoms. The van der Waals surface area contributed by atoms with E-state index in [-0.39, 0.29) is 0 Å². The van der Waals surface area contributed by atoms with Crippen LogP contribution in [0.25, 0.3) is 0 Å². The van der Waals surface area contributed by atoms with Gasteiger partial charge in [-0.2, -0.15) is 0 Å². The van der Waals surface area contributed by atoms with Crippen molar-refractivity contribution in [1.29, 1.82) is 0 Å². The van der Waals surface area contributed by atoms with Crippen LogP contribution in [-0.2, 0) is 0 Å². The van der Waals surface area contributed by atoms with Gasteiger partial charge in [-0.3, -0.25) is 4.99 Å². The van der Waals surface area contributed by atoms with Gasteiger partial charge in [-0.05, 0) is 5.92 Å². The standard InChI is InChI=1S/C5H11N3/c1-4-2-7-5(6)8-3-4/h4H,2-3H2,1H3,(H3,6,7,8). The fourth-order valence-electron chi connectivity index (χ4n) is 0.653. The van der Waals surface area contributed by atoms with Gasteiger partial charge < -0.3 is 11.1 Å². The van der Waals surface area contributed by atoms with E-state index >= 15 is 0 Å². The van der Waals surface area contributed by atoms with Crippen molar-refractivity contribution in [2.45, 2.75) is 6.92 Å². The molecule has 0 amide bonds. The topological polar surface area (TPSA) is 50.4 Å². The molecule has 0 aromatic heterocycles. The fraction of sp³-hybridized carbons (Fsp3) is 0.800. The lowest BCUT2D eigenvalue weighted by molar-refractivity contribution is 0.551. The maximum Gasteiger partial charge on any atom is 0.188 e. The van der Waals surface area contributed by atoms with E-state index in [1.165, 1.54) is 0 Å². The van der Waals surface area contributed by atoms with E-state index in [1.807, 2.05) is 0 Å². The SMILES string of the molecule is CC1CN=C(N)NC1. The number of hydrogen-bond acceptors (Lipinski definition) is 3. The quantitative estimate of drug-likeness (QED) is 0.446. The van der Waals surface area contributed by atoms with E-state index in [4.69, 9.17) is 5.73 Å². The summed E-state index contributed by atoms with van der Waals surface area (Å²) in [5.41, 5.74) is 5.34. The Labute approximate surface area is 49.0 Å². The minimum absolute atomic E-state index is 0.586. The van der Waals surface area contributed by atoms with E-state index < -0.39 is 0 Å². The Kier molecular flexibility index (Phi) is 1.37. The molecule has 0 saturated heterocycles. The van der Waals surface area contributed by atoms with E-state index in [1.54, 1.807) is 0 Å². The highest BCUT2D eigenvalue weighted by Crippen LogP contribution is 1.95. The number of guanidine groups is 1. The monoisotopic (exact) mass is 113 g/mol. The average molecular weight is 113 g/mol. The Balaban J connectivity index is 2.42. The minimum atomic E-state index is 0.586. The molecule has 3 N–H and O–H groups in total. The molecule has 1 unspecified atom stereocenters. The maximum atomic E-state index is 5.34. The molecule has 1 heterocycles. The molecule has 0 aromatic rings. The summed E-state index contributed by atoms with van der Waals surface area (Å²) in [7, 11) is 0. The third kappa shape index (κ3) is 1.12. The molecule has 0 saturated carbocycles. The van der Waals surface area contributed by atoms with Crippen molar-refractivity contribution in [2.75, 3.05) is 13.1 Å². The zero-order valence-corrected chi connectivity index (χ0v) is 5.02. The number of nitrogens with zero attached hydrogens (tertiary/aromatic N) is 1. The Hall–Kier alpha value is -0.730. The number of nitrogens with one attached hydrogen (secondary N) is 1.